The van der Waals surface area contributed by atoms with E-state index in [0.29, 0.717) is 0 Å². The highest BCUT2D eigenvalue weighted by Gasteiger charge is 2.24. The van der Waals surface area contributed by atoms with E-state index in [2.05, 4.69) is 34.3 Å². The van der Waals surface area contributed by atoms with Crippen LogP contribution in [0.3, 0.4) is 0 Å². The maximum Gasteiger partial charge on any atom is 0.0515 e. The molecule has 0 bridgehead atoms. The fourth-order valence-corrected chi connectivity index (χ4v) is 3.12. The molecule has 1 aromatic heterocycles. The Labute approximate surface area is 95.3 Å². The quantitative estimate of drug-likeness (QED) is 0.767. The van der Waals surface area contributed by atoms with Gasteiger partial charge in [-0.15, -0.1) is 0 Å². The van der Waals surface area contributed by atoms with Crippen LogP contribution in [0, 0.1) is 0 Å². The van der Waals surface area contributed by atoms with Crippen molar-refractivity contribution in [3.8, 4) is 0 Å². The van der Waals surface area contributed by atoms with Crippen LogP contribution >= 0.6 is 0 Å². The van der Waals surface area contributed by atoms with Gasteiger partial charge in [0.15, 0.2) is 0 Å². The second-order valence-electron chi connectivity index (χ2n) is 5.05. The summed E-state index contributed by atoms with van der Waals surface area (Å²) >= 11 is 0. The predicted molar refractivity (Wildman–Crippen MR) is 65.9 cm³/mol. The zero-order valence-corrected chi connectivity index (χ0v) is 9.37. The highest BCUT2D eigenvalue weighted by atomic mass is 15.0. The Morgan fingerprint density at radius 1 is 1.25 bits per heavy atom. The highest BCUT2D eigenvalue weighted by Crippen LogP contribution is 2.34. The maximum atomic E-state index is 3.37. The van der Waals surface area contributed by atoms with Crippen LogP contribution in [0.4, 0.5) is 0 Å². The standard InChI is InChI=1S/C14H16N2/c1-3-10-4-2-6-16-9-13(11-7-15-8-11)12(5-1)14(10)16/h1,3,5,9,11,15H,2,4,6-8H2. The van der Waals surface area contributed by atoms with Crippen LogP contribution in [-0.4, -0.2) is 17.7 Å². The summed E-state index contributed by atoms with van der Waals surface area (Å²) in [5.74, 6) is 0.747. The van der Waals surface area contributed by atoms with Gasteiger partial charge in [0.1, 0.15) is 0 Å². The van der Waals surface area contributed by atoms with Crippen molar-refractivity contribution in [1.82, 2.24) is 9.88 Å². The molecule has 82 valence electrons. The fourth-order valence-electron chi connectivity index (χ4n) is 3.12. The molecule has 2 aliphatic heterocycles. The Morgan fingerprint density at radius 3 is 3.00 bits per heavy atom. The molecule has 2 heteroatoms. The molecule has 4 rings (SSSR count). The van der Waals surface area contributed by atoms with Gasteiger partial charge in [0, 0.05) is 37.1 Å². The summed E-state index contributed by atoms with van der Waals surface area (Å²) in [6, 6.07) is 6.82. The van der Waals surface area contributed by atoms with Gasteiger partial charge in [0.25, 0.3) is 0 Å². The Morgan fingerprint density at radius 2 is 2.19 bits per heavy atom. The number of para-hydroxylation sites is 1. The van der Waals surface area contributed by atoms with Crippen molar-refractivity contribution in [2.45, 2.75) is 25.3 Å². The summed E-state index contributed by atoms with van der Waals surface area (Å²) < 4.78 is 2.47. The number of benzene rings is 1. The van der Waals surface area contributed by atoms with Crippen molar-refractivity contribution in [2.24, 2.45) is 0 Å². The van der Waals surface area contributed by atoms with Crippen molar-refractivity contribution in [2.75, 3.05) is 13.1 Å². The van der Waals surface area contributed by atoms with Gasteiger partial charge in [-0.1, -0.05) is 18.2 Å². The second kappa shape index (κ2) is 3.11. The van der Waals surface area contributed by atoms with Crippen LogP contribution in [0.5, 0.6) is 0 Å². The highest BCUT2D eigenvalue weighted by molar-refractivity contribution is 5.88. The Bertz CT molecular complexity index is 549. The Hall–Kier alpha value is -1.28. The van der Waals surface area contributed by atoms with Crippen LogP contribution in [0.25, 0.3) is 10.9 Å². The minimum Gasteiger partial charge on any atom is -0.347 e. The van der Waals surface area contributed by atoms with Crippen molar-refractivity contribution < 1.29 is 0 Å². The van der Waals surface area contributed by atoms with Crippen LogP contribution in [0.2, 0.25) is 0 Å². The molecule has 0 amide bonds. The SMILES string of the molecule is c1cc2c3c(c1)c(C1CNC1)cn3CCC2. The first-order valence-corrected chi connectivity index (χ1v) is 6.25. The Kier molecular flexibility index (Phi) is 1.71. The first-order chi connectivity index (χ1) is 7.93. The van der Waals surface area contributed by atoms with Gasteiger partial charge < -0.3 is 9.88 Å². The molecule has 1 aromatic carbocycles. The molecular formula is C14H16N2. The third-order valence-corrected chi connectivity index (χ3v) is 4.08. The topological polar surface area (TPSA) is 17.0 Å². The molecule has 0 unspecified atom stereocenters. The minimum absolute atomic E-state index is 0.747. The smallest absolute Gasteiger partial charge is 0.0515 e. The average Bonchev–Trinajstić information content (AvgIpc) is 2.58. The summed E-state index contributed by atoms with van der Waals surface area (Å²) in [7, 11) is 0. The molecule has 16 heavy (non-hydrogen) atoms. The normalized spacial score (nSPS) is 20.0. The van der Waals surface area contributed by atoms with E-state index in [-0.39, 0.29) is 0 Å². The summed E-state index contributed by atoms with van der Waals surface area (Å²) in [6.45, 7) is 3.51. The van der Waals surface area contributed by atoms with Gasteiger partial charge in [-0.3, -0.25) is 0 Å². The lowest BCUT2D eigenvalue weighted by molar-refractivity contribution is 0.449. The minimum atomic E-state index is 0.747. The fraction of sp³-hybridized carbons (Fsp3) is 0.429. The van der Waals surface area contributed by atoms with Crippen molar-refractivity contribution >= 4 is 10.9 Å². The number of rotatable bonds is 1. The van der Waals surface area contributed by atoms with Gasteiger partial charge in [-0.2, -0.15) is 0 Å². The lowest BCUT2D eigenvalue weighted by atomic mass is 9.92. The van der Waals surface area contributed by atoms with Gasteiger partial charge in [-0.05, 0) is 24.0 Å². The van der Waals surface area contributed by atoms with Crippen LogP contribution in [0.15, 0.2) is 24.4 Å². The molecule has 0 aliphatic carbocycles. The van der Waals surface area contributed by atoms with E-state index >= 15 is 0 Å². The molecule has 1 fully saturated rings. The van der Waals surface area contributed by atoms with Crippen molar-refractivity contribution in [3.05, 3.63) is 35.5 Å². The van der Waals surface area contributed by atoms with Gasteiger partial charge in [0.2, 0.25) is 0 Å². The number of aryl methyl sites for hydroxylation is 2. The number of nitrogens with one attached hydrogen (secondary N) is 1. The van der Waals surface area contributed by atoms with E-state index in [1.807, 2.05) is 0 Å². The van der Waals surface area contributed by atoms with Gasteiger partial charge in [-0.25, -0.2) is 0 Å². The molecule has 2 nitrogen and oxygen atoms in total. The first-order valence-electron chi connectivity index (χ1n) is 6.25. The van der Waals surface area contributed by atoms with E-state index in [1.165, 1.54) is 30.3 Å². The number of aromatic nitrogens is 1. The van der Waals surface area contributed by atoms with Crippen LogP contribution < -0.4 is 5.32 Å². The summed E-state index contributed by atoms with van der Waals surface area (Å²) in [6.07, 6.45) is 4.95. The molecule has 1 saturated heterocycles. The predicted octanol–water partition coefficient (Wildman–Crippen LogP) is 2.27. The lowest BCUT2D eigenvalue weighted by Gasteiger charge is -2.26. The molecular weight excluding hydrogens is 196 g/mol. The average molecular weight is 212 g/mol. The van der Waals surface area contributed by atoms with E-state index in [9.17, 15) is 0 Å². The number of hydrogen-bond acceptors (Lipinski definition) is 1. The second-order valence-corrected chi connectivity index (χ2v) is 5.05. The van der Waals surface area contributed by atoms with Crippen LogP contribution in [-0.2, 0) is 13.0 Å². The summed E-state index contributed by atoms with van der Waals surface area (Å²) in [5, 5.41) is 4.88. The van der Waals surface area contributed by atoms with E-state index in [1.54, 1.807) is 11.1 Å². The molecule has 2 aromatic rings. The van der Waals surface area contributed by atoms with Crippen molar-refractivity contribution in [3.63, 3.8) is 0 Å². The van der Waals surface area contributed by atoms with Gasteiger partial charge in [0.05, 0.1) is 5.52 Å². The molecule has 0 radical (unpaired) electrons. The van der Waals surface area contributed by atoms with E-state index in [4.69, 9.17) is 0 Å². The lowest BCUT2D eigenvalue weighted by Crippen LogP contribution is -2.39. The molecule has 1 N–H and O–H groups in total. The number of nitrogens with zero attached hydrogens (tertiary/aromatic N) is 1. The van der Waals surface area contributed by atoms with Crippen molar-refractivity contribution in [1.29, 1.82) is 0 Å². The molecule has 0 atom stereocenters. The third-order valence-electron chi connectivity index (χ3n) is 4.08. The largest absolute Gasteiger partial charge is 0.347 e. The Balaban J connectivity index is 2.01. The third kappa shape index (κ3) is 1.05. The van der Waals surface area contributed by atoms with E-state index in [0.717, 1.165) is 19.0 Å². The zero-order valence-electron chi connectivity index (χ0n) is 9.37. The molecule has 3 heterocycles. The first kappa shape index (κ1) is 8.82. The summed E-state index contributed by atoms with van der Waals surface area (Å²) in [5.41, 5.74) is 4.62. The molecule has 0 saturated carbocycles. The summed E-state index contributed by atoms with van der Waals surface area (Å²) in [4.78, 5) is 0. The van der Waals surface area contributed by atoms with Gasteiger partial charge >= 0.3 is 0 Å². The molecule has 0 spiro atoms. The monoisotopic (exact) mass is 212 g/mol. The number of hydrogen-bond donors (Lipinski definition) is 1. The van der Waals surface area contributed by atoms with Crippen LogP contribution in [0.1, 0.15) is 23.5 Å². The molecule has 2 aliphatic rings. The maximum absolute atomic E-state index is 3.37. The van der Waals surface area contributed by atoms with E-state index < -0.39 is 0 Å². The zero-order chi connectivity index (χ0) is 10.5.